The van der Waals surface area contributed by atoms with Crippen molar-refractivity contribution in [1.82, 2.24) is 5.32 Å². The molecule has 2 aromatic rings. The highest BCUT2D eigenvalue weighted by Gasteiger charge is 2.27. The van der Waals surface area contributed by atoms with E-state index in [1.54, 1.807) is 7.11 Å². The van der Waals surface area contributed by atoms with Crippen LogP contribution in [0.1, 0.15) is 6.42 Å². The fraction of sp³-hybridized carbons (Fsp3) is 0.368. The van der Waals surface area contributed by atoms with Gasteiger partial charge in [-0.1, -0.05) is 18.2 Å². The molecule has 0 radical (unpaired) electrons. The Morgan fingerprint density at radius 2 is 2.09 bits per heavy atom. The van der Waals surface area contributed by atoms with Crippen LogP contribution in [0.5, 0.6) is 11.5 Å². The first-order valence-electron chi connectivity index (χ1n) is 8.24. The lowest BCUT2D eigenvalue weighted by atomic mass is 10.0. The van der Waals surface area contributed by atoms with Gasteiger partial charge in [0.2, 0.25) is 0 Å². The van der Waals surface area contributed by atoms with E-state index in [1.807, 2.05) is 12.1 Å². The second-order valence-electron chi connectivity index (χ2n) is 6.10. The molecule has 0 aromatic heterocycles. The van der Waals surface area contributed by atoms with E-state index < -0.39 is 0 Å². The summed E-state index contributed by atoms with van der Waals surface area (Å²) >= 11 is 0. The van der Waals surface area contributed by atoms with Gasteiger partial charge in [0.15, 0.2) is 0 Å². The van der Waals surface area contributed by atoms with Crippen molar-refractivity contribution in [2.45, 2.75) is 12.5 Å². The van der Waals surface area contributed by atoms with Gasteiger partial charge < -0.3 is 19.7 Å². The van der Waals surface area contributed by atoms with Gasteiger partial charge in [0.05, 0.1) is 19.4 Å². The van der Waals surface area contributed by atoms with Crippen LogP contribution in [0, 0.1) is 0 Å². The molecule has 0 saturated carbocycles. The van der Waals surface area contributed by atoms with E-state index in [0.29, 0.717) is 6.04 Å². The van der Waals surface area contributed by atoms with Crippen LogP contribution in [0.3, 0.4) is 0 Å². The lowest BCUT2D eigenvalue weighted by molar-refractivity contribution is 0.304. The van der Waals surface area contributed by atoms with Gasteiger partial charge in [0.25, 0.3) is 0 Å². The van der Waals surface area contributed by atoms with Gasteiger partial charge in [-0.25, -0.2) is 0 Å². The molecule has 2 heterocycles. The minimum Gasteiger partial charge on any atom is -0.497 e. The van der Waals surface area contributed by atoms with E-state index in [1.165, 1.54) is 16.8 Å². The van der Waals surface area contributed by atoms with Gasteiger partial charge >= 0.3 is 0 Å². The molecule has 2 aliphatic heterocycles. The molecule has 1 N–H and O–H groups in total. The molecule has 0 amide bonds. The molecule has 2 aromatic carbocycles. The molecule has 0 unspecified atom stereocenters. The molecule has 4 rings (SSSR count). The molecule has 0 aliphatic carbocycles. The number of nitrogens with one attached hydrogen (secondary N) is 1. The zero-order valence-electron chi connectivity index (χ0n) is 13.4. The fourth-order valence-electron chi connectivity index (χ4n) is 3.49. The third-order valence-corrected chi connectivity index (χ3v) is 4.73. The first-order valence-corrected chi connectivity index (χ1v) is 8.24. The summed E-state index contributed by atoms with van der Waals surface area (Å²) in [6.45, 7) is 3.88. The SMILES string of the molecule is COc1cccc(-c2ccc3c(c2)N2CCNC[C@@H]2CCO3)c1. The average Bonchev–Trinajstić information content (AvgIpc) is 2.80. The van der Waals surface area contributed by atoms with Crippen LogP contribution >= 0.6 is 0 Å². The van der Waals surface area contributed by atoms with Crippen LogP contribution in [0.2, 0.25) is 0 Å². The summed E-state index contributed by atoms with van der Waals surface area (Å²) in [4.78, 5) is 2.50. The number of nitrogens with zero attached hydrogens (tertiary/aromatic N) is 1. The summed E-state index contributed by atoms with van der Waals surface area (Å²) in [7, 11) is 1.70. The number of rotatable bonds is 2. The second kappa shape index (κ2) is 6.13. The number of piperazine rings is 1. The minimum absolute atomic E-state index is 0.519. The molecular formula is C19H22N2O2. The highest BCUT2D eigenvalue weighted by Crippen LogP contribution is 2.37. The third-order valence-electron chi connectivity index (χ3n) is 4.73. The van der Waals surface area contributed by atoms with Crippen LogP contribution in [-0.2, 0) is 0 Å². The predicted molar refractivity (Wildman–Crippen MR) is 92.5 cm³/mol. The first kappa shape index (κ1) is 14.4. The van der Waals surface area contributed by atoms with E-state index in [9.17, 15) is 0 Å². The molecule has 1 fully saturated rings. The van der Waals surface area contributed by atoms with E-state index in [-0.39, 0.29) is 0 Å². The zero-order chi connectivity index (χ0) is 15.6. The number of anilines is 1. The molecule has 2 aliphatic rings. The van der Waals surface area contributed by atoms with Crippen molar-refractivity contribution in [3.8, 4) is 22.6 Å². The number of hydrogen-bond acceptors (Lipinski definition) is 4. The van der Waals surface area contributed by atoms with E-state index in [2.05, 4.69) is 40.5 Å². The maximum absolute atomic E-state index is 5.98. The molecule has 1 saturated heterocycles. The van der Waals surface area contributed by atoms with Gasteiger partial charge in [0.1, 0.15) is 11.5 Å². The summed E-state index contributed by atoms with van der Waals surface area (Å²) in [6, 6.07) is 15.2. The van der Waals surface area contributed by atoms with Crippen LogP contribution in [-0.4, -0.2) is 39.4 Å². The Balaban J connectivity index is 1.75. The van der Waals surface area contributed by atoms with Crippen LogP contribution in [0.4, 0.5) is 5.69 Å². The Morgan fingerprint density at radius 1 is 1.17 bits per heavy atom. The van der Waals surface area contributed by atoms with Crippen LogP contribution in [0.25, 0.3) is 11.1 Å². The van der Waals surface area contributed by atoms with Crippen molar-refractivity contribution in [2.24, 2.45) is 0 Å². The smallest absolute Gasteiger partial charge is 0.142 e. The maximum atomic E-state index is 5.98. The summed E-state index contributed by atoms with van der Waals surface area (Å²) in [5, 5.41) is 3.49. The summed E-state index contributed by atoms with van der Waals surface area (Å²) < 4.78 is 11.3. The van der Waals surface area contributed by atoms with Crippen LogP contribution < -0.4 is 19.7 Å². The van der Waals surface area contributed by atoms with Gasteiger partial charge in [-0.05, 0) is 35.4 Å². The lowest BCUT2D eigenvalue weighted by Gasteiger charge is -2.36. The Bertz CT molecular complexity index is 702. The number of fused-ring (bicyclic) bond motifs is 3. The Morgan fingerprint density at radius 3 is 3.00 bits per heavy atom. The Hall–Kier alpha value is -2.20. The predicted octanol–water partition coefficient (Wildman–Crippen LogP) is 2.92. The number of hydrogen-bond donors (Lipinski definition) is 1. The van der Waals surface area contributed by atoms with Gasteiger partial charge in [-0.3, -0.25) is 0 Å². The largest absolute Gasteiger partial charge is 0.497 e. The molecule has 0 spiro atoms. The summed E-state index contributed by atoms with van der Waals surface area (Å²) in [5.74, 6) is 1.88. The molecule has 23 heavy (non-hydrogen) atoms. The van der Waals surface area contributed by atoms with Crippen molar-refractivity contribution < 1.29 is 9.47 Å². The van der Waals surface area contributed by atoms with Crippen molar-refractivity contribution in [3.05, 3.63) is 42.5 Å². The number of ether oxygens (including phenoxy) is 2. The van der Waals surface area contributed by atoms with E-state index >= 15 is 0 Å². The maximum Gasteiger partial charge on any atom is 0.142 e. The molecule has 120 valence electrons. The zero-order valence-corrected chi connectivity index (χ0v) is 13.4. The summed E-state index contributed by atoms with van der Waals surface area (Å²) in [6.07, 6.45) is 1.07. The van der Waals surface area contributed by atoms with Crippen molar-refractivity contribution in [3.63, 3.8) is 0 Å². The third kappa shape index (κ3) is 2.75. The van der Waals surface area contributed by atoms with Gasteiger partial charge in [-0.15, -0.1) is 0 Å². The Labute approximate surface area is 137 Å². The first-order chi connectivity index (χ1) is 11.3. The topological polar surface area (TPSA) is 33.7 Å². The molecule has 4 nitrogen and oxygen atoms in total. The Kier molecular flexibility index (Phi) is 3.83. The summed E-state index contributed by atoms with van der Waals surface area (Å²) in [5.41, 5.74) is 3.59. The quantitative estimate of drug-likeness (QED) is 0.925. The fourth-order valence-corrected chi connectivity index (χ4v) is 3.49. The highest BCUT2D eigenvalue weighted by atomic mass is 16.5. The average molecular weight is 310 g/mol. The lowest BCUT2D eigenvalue weighted by Crippen LogP contribution is -2.51. The van der Waals surface area contributed by atoms with Gasteiger partial charge in [-0.2, -0.15) is 0 Å². The number of benzene rings is 2. The molecule has 4 heteroatoms. The monoisotopic (exact) mass is 310 g/mol. The van der Waals surface area contributed by atoms with E-state index in [4.69, 9.17) is 9.47 Å². The van der Waals surface area contributed by atoms with Crippen molar-refractivity contribution in [2.75, 3.05) is 38.3 Å². The normalized spacial score (nSPS) is 20.0. The number of methoxy groups -OCH3 is 1. The minimum atomic E-state index is 0.519. The standard InChI is InChI=1S/C19H22N2O2/c1-22-17-4-2-3-14(11-17)15-5-6-19-18(12-15)21-9-8-20-13-16(21)7-10-23-19/h2-6,11-12,16,20H,7-10,13H2,1H3/t16-/m0/s1. The van der Waals surface area contributed by atoms with Crippen molar-refractivity contribution >= 4 is 5.69 Å². The molecule has 0 bridgehead atoms. The van der Waals surface area contributed by atoms with E-state index in [0.717, 1.165) is 44.2 Å². The molecule has 1 atom stereocenters. The second-order valence-corrected chi connectivity index (χ2v) is 6.10. The van der Waals surface area contributed by atoms with Crippen LogP contribution in [0.15, 0.2) is 42.5 Å². The highest BCUT2D eigenvalue weighted by molar-refractivity contribution is 5.74. The molecular weight excluding hydrogens is 288 g/mol. The van der Waals surface area contributed by atoms with Crippen molar-refractivity contribution in [1.29, 1.82) is 0 Å². The van der Waals surface area contributed by atoms with Gasteiger partial charge in [0, 0.05) is 32.1 Å².